The van der Waals surface area contributed by atoms with Gasteiger partial charge in [0, 0.05) is 33.4 Å². The Balaban J connectivity index is 1.35. The fourth-order valence-electron chi connectivity index (χ4n) is 4.26. The van der Waals surface area contributed by atoms with Crippen LogP contribution in [0.3, 0.4) is 0 Å². The Hall–Kier alpha value is -4.97. The molecule has 0 aliphatic carbocycles. The van der Waals surface area contributed by atoms with Crippen molar-refractivity contribution in [3.63, 3.8) is 0 Å². The van der Waals surface area contributed by atoms with Crippen molar-refractivity contribution >= 4 is 77.6 Å². The van der Waals surface area contributed by atoms with E-state index in [2.05, 4.69) is 44.8 Å². The molecule has 6 aromatic rings. The molecular formula is C27H17N7O7S2. The minimum atomic E-state index is -4.65. The van der Waals surface area contributed by atoms with Gasteiger partial charge in [-0.2, -0.15) is 8.42 Å². The Morgan fingerprint density at radius 1 is 0.767 bits per heavy atom. The summed E-state index contributed by atoms with van der Waals surface area (Å²) in [5, 5.41) is 41.1. The van der Waals surface area contributed by atoms with Gasteiger partial charge in [0.15, 0.2) is 5.75 Å². The highest BCUT2D eigenvalue weighted by atomic mass is 32.2. The predicted octanol–water partition coefficient (Wildman–Crippen LogP) is 7.54. The Morgan fingerprint density at radius 3 is 2.28 bits per heavy atom. The zero-order chi connectivity index (χ0) is 30.0. The van der Waals surface area contributed by atoms with Gasteiger partial charge in [-0.15, -0.1) is 24.8 Å². The highest BCUT2D eigenvalue weighted by molar-refractivity contribution is 7.94. The van der Waals surface area contributed by atoms with Gasteiger partial charge in [-0.1, -0.05) is 5.04 Å². The molecule has 0 saturated carbocycles. The van der Waals surface area contributed by atoms with E-state index in [-0.39, 0.29) is 16.6 Å². The van der Waals surface area contributed by atoms with Crippen molar-refractivity contribution in [3.8, 4) is 5.75 Å². The summed E-state index contributed by atoms with van der Waals surface area (Å²) >= 11 is 0.827. The SMILES string of the molecule is O=S(=O)(O)c1cc(/N=N/c2ccc(/N=N/c3cnc4ccc(SOOO)cc4c3)c3cccnc23)c(O)c2ncccc12. The smallest absolute Gasteiger partial charge is 0.295 e. The first kappa shape index (κ1) is 28.2. The second-order valence-electron chi connectivity index (χ2n) is 8.79. The van der Waals surface area contributed by atoms with Gasteiger partial charge in [0.2, 0.25) is 0 Å². The highest BCUT2D eigenvalue weighted by Gasteiger charge is 2.20. The van der Waals surface area contributed by atoms with Gasteiger partial charge in [0.05, 0.1) is 35.0 Å². The van der Waals surface area contributed by atoms with Crippen molar-refractivity contribution < 1.29 is 32.7 Å². The molecule has 0 fully saturated rings. The molecule has 3 N–H and O–H groups in total. The lowest BCUT2D eigenvalue weighted by molar-refractivity contribution is -0.432. The van der Waals surface area contributed by atoms with Crippen LogP contribution >= 0.6 is 12.0 Å². The average Bonchev–Trinajstić information content (AvgIpc) is 3.02. The Morgan fingerprint density at radius 2 is 1.49 bits per heavy atom. The van der Waals surface area contributed by atoms with E-state index in [4.69, 9.17) is 5.26 Å². The summed E-state index contributed by atoms with van der Waals surface area (Å²) in [4.78, 5) is 13.0. The number of hydrogen-bond acceptors (Lipinski definition) is 14. The van der Waals surface area contributed by atoms with Crippen LogP contribution in [0.25, 0.3) is 32.7 Å². The number of benzene rings is 3. The number of rotatable bonds is 8. The molecule has 43 heavy (non-hydrogen) atoms. The van der Waals surface area contributed by atoms with Gasteiger partial charge in [-0.05, 0) is 66.7 Å². The monoisotopic (exact) mass is 615 g/mol. The van der Waals surface area contributed by atoms with E-state index in [0.717, 1.165) is 29.0 Å². The number of aromatic hydroxyl groups is 1. The summed E-state index contributed by atoms with van der Waals surface area (Å²) < 4.78 is 38.2. The zero-order valence-electron chi connectivity index (χ0n) is 21.5. The molecule has 0 spiro atoms. The summed E-state index contributed by atoms with van der Waals surface area (Å²) in [6, 6.07) is 17.7. The van der Waals surface area contributed by atoms with Crippen LogP contribution in [0.15, 0.2) is 116 Å². The van der Waals surface area contributed by atoms with Crippen LogP contribution in [-0.4, -0.2) is 38.3 Å². The summed E-state index contributed by atoms with van der Waals surface area (Å²) in [6.07, 6.45) is 4.50. The largest absolute Gasteiger partial charge is 0.504 e. The molecule has 0 aliphatic heterocycles. The third kappa shape index (κ3) is 5.86. The van der Waals surface area contributed by atoms with E-state index >= 15 is 0 Å². The standard InChI is InChI=1S/C27H17N7O7S2/c35-27-23(13-24(43(37,38)39)19-4-2-10-29-26(19)27)34-33-22-8-7-21(18-3-1-9-28-25(18)22)32-31-16-11-15-12-17(42-41-40-36)5-6-20(15)30-14-16/h1-14,35-36H,(H,37,38,39)/b32-31+,34-33+. The van der Waals surface area contributed by atoms with Gasteiger partial charge >= 0.3 is 0 Å². The number of nitrogens with zero attached hydrogens (tertiary/aromatic N) is 7. The number of phenolic OH excluding ortho intramolecular Hbond substituents is 1. The first-order chi connectivity index (χ1) is 20.8. The van der Waals surface area contributed by atoms with Crippen LogP contribution in [0.2, 0.25) is 0 Å². The molecule has 0 radical (unpaired) electrons. The molecule has 0 aliphatic rings. The minimum absolute atomic E-state index is 0.0366. The fourth-order valence-corrected chi connectivity index (χ4v) is 5.37. The zero-order valence-corrected chi connectivity index (χ0v) is 23.1. The van der Waals surface area contributed by atoms with Crippen molar-refractivity contribution in [2.24, 2.45) is 20.5 Å². The van der Waals surface area contributed by atoms with Crippen LogP contribution in [0.5, 0.6) is 5.75 Å². The van der Waals surface area contributed by atoms with E-state index < -0.39 is 20.8 Å². The third-order valence-electron chi connectivity index (χ3n) is 6.15. The summed E-state index contributed by atoms with van der Waals surface area (Å²) in [5.74, 6) is -0.404. The molecule has 6 rings (SSSR count). The number of phenols is 1. The maximum absolute atomic E-state index is 12.0. The van der Waals surface area contributed by atoms with Crippen molar-refractivity contribution in [2.45, 2.75) is 9.79 Å². The Labute approximate surface area is 246 Å². The van der Waals surface area contributed by atoms with Crippen molar-refractivity contribution in [1.82, 2.24) is 15.0 Å². The second kappa shape index (κ2) is 11.7. The van der Waals surface area contributed by atoms with Crippen molar-refractivity contribution in [3.05, 3.63) is 85.3 Å². The third-order valence-corrected chi connectivity index (χ3v) is 7.62. The number of hydrogen-bond donors (Lipinski definition) is 3. The molecule has 0 saturated heterocycles. The van der Waals surface area contributed by atoms with Gasteiger partial charge in [0.1, 0.15) is 27.5 Å². The van der Waals surface area contributed by atoms with Crippen LogP contribution in [-0.2, 0) is 19.5 Å². The Kier molecular flexibility index (Phi) is 7.68. The van der Waals surface area contributed by atoms with E-state index in [1.807, 2.05) is 0 Å². The molecule has 0 bridgehead atoms. The lowest BCUT2D eigenvalue weighted by atomic mass is 10.1. The summed E-state index contributed by atoms with van der Waals surface area (Å²) in [7, 11) is -4.65. The van der Waals surface area contributed by atoms with Crippen molar-refractivity contribution in [2.75, 3.05) is 0 Å². The maximum atomic E-state index is 12.0. The van der Waals surface area contributed by atoms with Crippen molar-refractivity contribution in [1.29, 1.82) is 0 Å². The van der Waals surface area contributed by atoms with Crippen LogP contribution in [0, 0.1) is 0 Å². The van der Waals surface area contributed by atoms with E-state index in [1.165, 1.54) is 18.3 Å². The number of fused-ring (bicyclic) bond motifs is 3. The number of azo groups is 2. The Bertz CT molecular complexity index is 2200. The lowest BCUT2D eigenvalue weighted by Gasteiger charge is -2.08. The van der Waals surface area contributed by atoms with Crippen LogP contribution < -0.4 is 0 Å². The molecule has 0 atom stereocenters. The molecule has 214 valence electrons. The average molecular weight is 616 g/mol. The van der Waals surface area contributed by atoms with Gasteiger partial charge in [-0.3, -0.25) is 19.5 Å². The van der Waals surface area contributed by atoms with Gasteiger partial charge in [0.25, 0.3) is 10.1 Å². The van der Waals surface area contributed by atoms with Crippen LogP contribution in [0.4, 0.5) is 22.7 Å². The molecule has 14 nitrogen and oxygen atoms in total. The molecule has 16 heteroatoms. The fraction of sp³-hybridized carbons (Fsp3) is 0. The summed E-state index contributed by atoms with van der Waals surface area (Å²) in [5.41, 5.74) is 2.12. The normalized spacial score (nSPS) is 12.3. The molecule has 3 aromatic heterocycles. The predicted molar refractivity (Wildman–Crippen MR) is 156 cm³/mol. The van der Waals surface area contributed by atoms with E-state index in [9.17, 15) is 18.1 Å². The second-order valence-corrected chi connectivity index (χ2v) is 11.0. The first-order valence-electron chi connectivity index (χ1n) is 12.2. The molecule has 0 amide bonds. The quantitative estimate of drug-likeness (QED) is 0.0501. The first-order valence-corrected chi connectivity index (χ1v) is 14.3. The summed E-state index contributed by atoms with van der Waals surface area (Å²) in [6.45, 7) is 0. The number of aromatic nitrogens is 3. The lowest BCUT2D eigenvalue weighted by Crippen LogP contribution is -1.99. The molecular weight excluding hydrogens is 598 g/mol. The number of pyridine rings is 3. The van der Waals surface area contributed by atoms with E-state index in [1.54, 1.807) is 60.9 Å². The van der Waals surface area contributed by atoms with E-state index in [0.29, 0.717) is 32.9 Å². The maximum Gasteiger partial charge on any atom is 0.295 e. The minimum Gasteiger partial charge on any atom is -0.504 e. The molecule has 3 aromatic carbocycles. The highest BCUT2D eigenvalue weighted by Crippen LogP contribution is 2.40. The molecule has 3 heterocycles. The van der Waals surface area contributed by atoms with Crippen LogP contribution in [0.1, 0.15) is 0 Å². The van der Waals surface area contributed by atoms with Gasteiger partial charge in [-0.25, -0.2) is 5.26 Å². The van der Waals surface area contributed by atoms with Gasteiger partial charge < -0.3 is 5.11 Å². The topological polar surface area (TPSA) is 201 Å². The molecule has 0 unspecified atom stereocenters.